The van der Waals surface area contributed by atoms with E-state index in [1.807, 2.05) is 12.1 Å². The summed E-state index contributed by atoms with van der Waals surface area (Å²) in [6, 6.07) is 3.37. The minimum absolute atomic E-state index is 0.0110. The van der Waals surface area contributed by atoms with Gasteiger partial charge in [-0.25, -0.2) is 4.79 Å². The summed E-state index contributed by atoms with van der Waals surface area (Å²) in [6.07, 6.45) is 1.87. The van der Waals surface area contributed by atoms with Crippen LogP contribution in [0.3, 0.4) is 0 Å². The molecule has 0 bridgehead atoms. The highest BCUT2D eigenvalue weighted by Gasteiger charge is 2.30. The summed E-state index contributed by atoms with van der Waals surface area (Å²) in [4.78, 5) is 12.8. The number of likely N-dealkylation sites (tertiary alicyclic amines) is 1. The maximum Gasteiger partial charge on any atom is 0.315 e. The van der Waals surface area contributed by atoms with E-state index in [1.165, 1.54) is 0 Å². The van der Waals surface area contributed by atoms with E-state index in [0.29, 0.717) is 13.2 Å². The zero-order valence-electron chi connectivity index (χ0n) is 9.31. The molecule has 0 radical (unpaired) electrons. The standard InChI is InChI=1S/C11H16N2O3/c1-15-7-8-4-5-10(16-8)9-3-2-6-13(9)11(12)14/h4-5,9H,2-3,6-7H2,1H3,(H2,12,14). The maximum absolute atomic E-state index is 11.2. The van der Waals surface area contributed by atoms with Crippen molar-refractivity contribution in [2.45, 2.75) is 25.5 Å². The molecule has 16 heavy (non-hydrogen) atoms. The van der Waals surface area contributed by atoms with Crippen molar-refractivity contribution >= 4 is 6.03 Å². The largest absolute Gasteiger partial charge is 0.461 e. The van der Waals surface area contributed by atoms with Crippen molar-refractivity contribution < 1.29 is 13.9 Å². The second kappa shape index (κ2) is 4.57. The molecule has 1 fully saturated rings. The lowest BCUT2D eigenvalue weighted by molar-refractivity contribution is 0.157. The smallest absolute Gasteiger partial charge is 0.315 e. The Balaban J connectivity index is 2.13. The third-order valence-electron chi connectivity index (χ3n) is 2.83. The van der Waals surface area contributed by atoms with E-state index in [-0.39, 0.29) is 12.1 Å². The van der Waals surface area contributed by atoms with Crippen LogP contribution in [0.15, 0.2) is 16.5 Å². The van der Waals surface area contributed by atoms with Gasteiger partial charge in [0.15, 0.2) is 0 Å². The molecular weight excluding hydrogens is 208 g/mol. The first kappa shape index (κ1) is 11.0. The summed E-state index contributed by atoms with van der Waals surface area (Å²) in [6.45, 7) is 1.16. The van der Waals surface area contributed by atoms with Gasteiger partial charge in [0.2, 0.25) is 0 Å². The zero-order chi connectivity index (χ0) is 11.5. The van der Waals surface area contributed by atoms with Gasteiger partial charge in [0, 0.05) is 13.7 Å². The van der Waals surface area contributed by atoms with Gasteiger partial charge < -0.3 is 19.8 Å². The van der Waals surface area contributed by atoms with Crippen molar-refractivity contribution in [3.63, 3.8) is 0 Å². The molecule has 0 aliphatic carbocycles. The first-order valence-corrected chi connectivity index (χ1v) is 5.36. The average Bonchev–Trinajstić information content (AvgIpc) is 2.83. The predicted octanol–water partition coefficient (Wildman–Crippen LogP) is 1.64. The van der Waals surface area contributed by atoms with Gasteiger partial charge in [-0.15, -0.1) is 0 Å². The number of carbonyl (C=O) groups excluding carboxylic acids is 1. The Bertz CT molecular complexity index is 375. The van der Waals surface area contributed by atoms with Crippen LogP contribution in [-0.4, -0.2) is 24.6 Å². The number of primary amides is 1. The fraction of sp³-hybridized carbons (Fsp3) is 0.545. The van der Waals surface area contributed by atoms with Crippen LogP contribution < -0.4 is 5.73 Å². The summed E-state index contributed by atoms with van der Waals surface area (Å²) in [5.41, 5.74) is 5.31. The number of nitrogens with two attached hydrogens (primary N) is 1. The average molecular weight is 224 g/mol. The summed E-state index contributed by atoms with van der Waals surface area (Å²) >= 11 is 0. The van der Waals surface area contributed by atoms with E-state index in [9.17, 15) is 4.79 Å². The number of hydrogen-bond acceptors (Lipinski definition) is 3. The van der Waals surface area contributed by atoms with Gasteiger partial charge in [0.05, 0.1) is 6.04 Å². The highest BCUT2D eigenvalue weighted by atomic mass is 16.5. The first-order valence-electron chi connectivity index (χ1n) is 5.36. The van der Waals surface area contributed by atoms with Crippen molar-refractivity contribution in [2.24, 2.45) is 5.73 Å². The first-order chi connectivity index (χ1) is 7.72. The van der Waals surface area contributed by atoms with E-state index in [1.54, 1.807) is 12.0 Å². The van der Waals surface area contributed by atoms with E-state index >= 15 is 0 Å². The lowest BCUT2D eigenvalue weighted by Gasteiger charge is -2.20. The molecule has 1 aliphatic rings. The molecule has 2 amide bonds. The fourth-order valence-corrected chi connectivity index (χ4v) is 2.12. The van der Waals surface area contributed by atoms with Crippen LogP contribution in [0, 0.1) is 0 Å². The van der Waals surface area contributed by atoms with E-state index in [2.05, 4.69) is 0 Å². The monoisotopic (exact) mass is 224 g/mol. The number of ether oxygens (including phenoxy) is 1. The number of rotatable bonds is 3. The molecule has 1 aromatic rings. The molecule has 1 atom stereocenters. The minimum Gasteiger partial charge on any atom is -0.461 e. The Kier molecular flexibility index (Phi) is 3.14. The van der Waals surface area contributed by atoms with Crippen molar-refractivity contribution in [2.75, 3.05) is 13.7 Å². The van der Waals surface area contributed by atoms with Crippen molar-refractivity contribution in [3.8, 4) is 0 Å². The van der Waals surface area contributed by atoms with Crippen LogP contribution in [0.2, 0.25) is 0 Å². The Labute approximate surface area is 94.1 Å². The highest BCUT2D eigenvalue weighted by Crippen LogP contribution is 2.32. The molecule has 1 unspecified atom stereocenters. The number of urea groups is 1. The zero-order valence-corrected chi connectivity index (χ0v) is 9.31. The van der Waals surface area contributed by atoms with Gasteiger partial charge in [-0.2, -0.15) is 0 Å². The second-order valence-electron chi connectivity index (χ2n) is 3.93. The molecular formula is C11H16N2O3. The molecule has 0 aromatic carbocycles. The van der Waals surface area contributed by atoms with Crippen LogP contribution in [0.5, 0.6) is 0 Å². The van der Waals surface area contributed by atoms with Gasteiger partial charge >= 0.3 is 6.03 Å². The number of nitrogens with zero attached hydrogens (tertiary/aromatic N) is 1. The summed E-state index contributed by atoms with van der Waals surface area (Å²) < 4.78 is 10.6. The molecule has 2 heterocycles. The van der Waals surface area contributed by atoms with Gasteiger partial charge in [0.25, 0.3) is 0 Å². The summed E-state index contributed by atoms with van der Waals surface area (Å²) in [5.74, 6) is 1.57. The summed E-state index contributed by atoms with van der Waals surface area (Å²) in [5, 5.41) is 0. The van der Waals surface area contributed by atoms with Crippen LogP contribution in [0.25, 0.3) is 0 Å². The molecule has 0 spiro atoms. The van der Waals surface area contributed by atoms with Crippen LogP contribution in [0.4, 0.5) is 4.79 Å². The molecule has 0 saturated carbocycles. The van der Waals surface area contributed by atoms with E-state index in [4.69, 9.17) is 14.9 Å². The number of amides is 2. The molecule has 1 aromatic heterocycles. The molecule has 88 valence electrons. The summed E-state index contributed by atoms with van der Waals surface area (Å²) in [7, 11) is 1.62. The third-order valence-corrected chi connectivity index (χ3v) is 2.83. The van der Waals surface area contributed by atoms with Crippen molar-refractivity contribution in [1.29, 1.82) is 0 Å². The Hall–Kier alpha value is -1.49. The van der Waals surface area contributed by atoms with Gasteiger partial charge in [-0.3, -0.25) is 0 Å². The number of carbonyl (C=O) groups is 1. The molecule has 5 nitrogen and oxygen atoms in total. The van der Waals surface area contributed by atoms with Crippen LogP contribution in [0.1, 0.15) is 30.4 Å². The topological polar surface area (TPSA) is 68.7 Å². The predicted molar refractivity (Wildman–Crippen MR) is 57.7 cm³/mol. The normalized spacial score (nSPS) is 20.3. The lowest BCUT2D eigenvalue weighted by Crippen LogP contribution is -2.34. The van der Waals surface area contributed by atoms with Gasteiger partial charge in [-0.1, -0.05) is 0 Å². The Morgan fingerprint density at radius 3 is 3.19 bits per heavy atom. The van der Waals surface area contributed by atoms with Crippen molar-refractivity contribution in [3.05, 3.63) is 23.7 Å². The third kappa shape index (κ3) is 2.04. The highest BCUT2D eigenvalue weighted by molar-refractivity contribution is 5.72. The number of methoxy groups -OCH3 is 1. The fourth-order valence-electron chi connectivity index (χ4n) is 2.12. The van der Waals surface area contributed by atoms with Crippen LogP contribution >= 0.6 is 0 Å². The molecule has 1 saturated heterocycles. The molecule has 2 rings (SSSR count). The van der Waals surface area contributed by atoms with Crippen LogP contribution in [-0.2, 0) is 11.3 Å². The van der Waals surface area contributed by atoms with Gasteiger partial charge in [0.1, 0.15) is 18.1 Å². The number of hydrogen-bond donors (Lipinski definition) is 1. The van der Waals surface area contributed by atoms with Crippen molar-refractivity contribution in [1.82, 2.24) is 4.90 Å². The van der Waals surface area contributed by atoms with E-state index < -0.39 is 0 Å². The minimum atomic E-state index is -0.382. The van der Waals surface area contributed by atoms with Gasteiger partial charge in [-0.05, 0) is 25.0 Å². The molecule has 5 heteroatoms. The molecule has 2 N–H and O–H groups in total. The Morgan fingerprint density at radius 1 is 1.69 bits per heavy atom. The number of furan rings is 1. The molecule has 1 aliphatic heterocycles. The second-order valence-corrected chi connectivity index (χ2v) is 3.93. The Morgan fingerprint density at radius 2 is 2.50 bits per heavy atom. The maximum atomic E-state index is 11.2. The van der Waals surface area contributed by atoms with E-state index in [0.717, 1.165) is 24.4 Å². The SMILES string of the molecule is COCc1ccc(C2CCCN2C(N)=O)o1. The quantitative estimate of drug-likeness (QED) is 0.848. The lowest BCUT2D eigenvalue weighted by atomic mass is 10.2.